The molecule has 5 heteroatoms. The number of carbonyl (C=O) groups excluding carboxylic acids is 2. The number of thiophene rings is 1. The van der Waals surface area contributed by atoms with Crippen molar-refractivity contribution in [3.63, 3.8) is 0 Å². The van der Waals surface area contributed by atoms with Crippen LogP contribution in [0.15, 0.2) is 6.07 Å². The third-order valence-corrected chi connectivity index (χ3v) is 4.32. The Bertz CT molecular complexity index is 506. The zero-order valence-electron chi connectivity index (χ0n) is 12.4. The molecule has 1 heterocycles. The lowest BCUT2D eigenvalue weighted by molar-refractivity contribution is -0.130. The number of hydrogen-bond donors (Lipinski definition) is 1. The minimum absolute atomic E-state index is 0.269. The molecule has 0 bridgehead atoms. The van der Waals surface area contributed by atoms with Crippen LogP contribution < -0.4 is 5.32 Å². The van der Waals surface area contributed by atoms with E-state index in [9.17, 15) is 9.59 Å². The summed E-state index contributed by atoms with van der Waals surface area (Å²) in [5, 5.41) is 2.80. The maximum absolute atomic E-state index is 12.0. The van der Waals surface area contributed by atoms with Gasteiger partial charge in [-0.05, 0) is 58.6 Å². The van der Waals surface area contributed by atoms with Gasteiger partial charge in [0.1, 0.15) is 4.88 Å². The molecule has 0 fully saturated rings. The smallest absolute Gasteiger partial charge is 0.349 e. The Morgan fingerprint density at radius 2 is 2.05 bits per heavy atom. The first-order valence-corrected chi connectivity index (χ1v) is 7.72. The number of amides is 1. The van der Waals surface area contributed by atoms with Gasteiger partial charge in [0.2, 0.25) is 0 Å². The van der Waals surface area contributed by atoms with Crippen molar-refractivity contribution in [3.8, 4) is 0 Å². The third kappa shape index (κ3) is 3.60. The van der Waals surface area contributed by atoms with Crippen LogP contribution in [0.1, 0.15) is 54.2 Å². The average Bonchev–Trinajstić information content (AvgIpc) is 2.85. The Morgan fingerprint density at radius 3 is 2.65 bits per heavy atom. The third-order valence-electron chi connectivity index (χ3n) is 3.10. The zero-order valence-corrected chi connectivity index (χ0v) is 13.2. The number of esters is 1. The summed E-state index contributed by atoms with van der Waals surface area (Å²) in [4.78, 5) is 25.8. The molecule has 0 saturated carbocycles. The van der Waals surface area contributed by atoms with Crippen LogP contribution in [-0.2, 0) is 22.4 Å². The van der Waals surface area contributed by atoms with Gasteiger partial charge in [-0.3, -0.25) is 4.79 Å². The first-order valence-electron chi connectivity index (χ1n) is 6.91. The van der Waals surface area contributed by atoms with Crippen molar-refractivity contribution >= 4 is 23.2 Å². The summed E-state index contributed by atoms with van der Waals surface area (Å²) in [6.07, 6.45) is 2.48. The molecule has 0 aromatic carbocycles. The molecule has 0 spiro atoms. The first kappa shape index (κ1) is 15.0. The number of rotatable bonds is 3. The molecule has 2 rings (SSSR count). The Labute approximate surface area is 123 Å². The van der Waals surface area contributed by atoms with E-state index in [4.69, 9.17) is 4.74 Å². The van der Waals surface area contributed by atoms with E-state index >= 15 is 0 Å². The Hall–Kier alpha value is -1.36. The molecule has 4 nitrogen and oxygen atoms in total. The first-order chi connectivity index (χ1) is 9.26. The van der Waals surface area contributed by atoms with Gasteiger partial charge in [-0.1, -0.05) is 0 Å². The number of ether oxygens (including phenoxy) is 1. The molecule has 1 aromatic rings. The predicted octanol–water partition coefficient (Wildman–Crippen LogP) is 2.70. The van der Waals surface area contributed by atoms with Crippen molar-refractivity contribution in [1.29, 1.82) is 0 Å². The van der Waals surface area contributed by atoms with Gasteiger partial charge in [0, 0.05) is 10.4 Å². The molecule has 0 unspecified atom stereocenters. The second-order valence-corrected chi connectivity index (χ2v) is 7.34. The molecule has 1 aliphatic rings. The van der Waals surface area contributed by atoms with Gasteiger partial charge in [-0.15, -0.1) is 11.3 Å². The van der Waals surface area contributed by atoms with Crippen LogP contribution in [0, 0.1) is 0 Å². The SMILES string of the molecule is C[C@H](OC(=O)c1cc2c(s1)CCC2)C(=O)NC(C)(C)C. The maximum Gasteiger partial charge on any atom is 0.349 e. The van der Waals surface area contributed by atoms with Crippen LogP contribution in [0.3, 0.4) is 0 Å². The molecule has 0 aliphatic heterocycles. The quantitative estimate of drug-likeness (QED) is 0.872. The number of hydrogen-bond acceptors (Lipinski definition) is 4. The van der Waals surface area contributed by atoms with Crippen LogP contribution in [0.4, 0.5) is 0 Å². The van der Waals surface area contributed by atoms with Gasteiger partial charge in [0.25, 0.3) is 5.91 Å². The molecular weight excluding hydrogens is 274 g/mol. The number of aryl methyl sites for hydroxylation is 2. The molecule has 1 N–H and O–H groups in total. The Morgan fingerprint density at radius 1 is 1.35 bits per heavy atom. The summed E-state index contributed by atoms with van der Waals surface area (Å²) in [7, 11) is 0. The molecule has 20 heavy (non-hydrogen) atoms. The number of fused-ring (bicyclic) bond motifs is 1. The van der Waals surface area contributed by atoms with Crippen LogP contribution in [-0.4, -0.2) is 23.5 Å². The van der Waals surface area contributed by atoms with Gasteiger partial charge in [0.05, 0.1) is 0 Å². The monoisotopic (exact) mass is 295 g/mol. The molecule has 110 valence electrons. The fourth-order valence-electron chi connectivity index (χ4n) is 2.17. The van der Waals surface area contributed by atoms with E-state index in [1.54, 1.807) is 6.92 Å². The van der Waals surface area contributed by atoms with E-state index in [0.29, 0.717) is 4.88 Å². The highest BCUT2D eigenvalue weighted by atomic mass is 32.1. The lowest BCUT2D eigenvalue weighted by atomic mass is 10.1. The molecule has 1 amide bonds. The Balaban J connectivity index is 1.95. The van der Waals surface area contributed by atoms with Crippen LogP contribution in [0.5, 0.6) is 0 Å². The minimum atomic E-state index is -0.779. The molecule has 1 aromatic heterocycles. The molecular formula is C15H21NO3S. The molecule has 0 saturated heterocycles. The van der Waals surface area contributed by atoms with Crippen molar-refractivity contribution in [2.24, 2.45) is 0 Å². The second kappa shape index (κ2) is 5.56. The highest BCUT2D eigenvalue weighted by Crippen LogP contribution is 2.31. The average molecular weight is 295 g/mol. The highest BCUT2D eigenvalue weighted by molar-refractivity contribution is 7.14. The minimum Gasteiger partial charge on any atom is -0.448 e. The normalized spacial score (nSPS) is 15.6. The maximum atomic E-state index is 12.0. The number of nitrogens with one attached hydrogen (secondary N) is 1. The molecule has 1 atom stereocenters. The molecule has 1 aliphatic carbocycles. The highest BCUT2D eigenvalue weighted by Gasteiger charge is 2.25. The summed E-state index contributed by atoms with van der Waals surface area (Å²) in [6.45, 7) is 7.27. The predicted molar refractivity (Wildman–Crippen MR) is 79.1 cm³/mol. The van der Waals surface area contributed by atoms with Crippen molar-refractivity contribution in [3.05, 3.63) is 21.4 Å². The van der Waals surface area contributed by atoms with Crippen molar-refractivity contribution in [2.75, 3.05) is 0 Å². The second-order valence-electron chi connectivity index (χ2n) is 6.20. The van der Waals surface area contributed by atoms with Gasteiger partial charge in [-0.2, -0.15) is 0 Å². The lowest BCUT2D eigenvalue weighted by Gasteiger charge is -2.23. The fourth-order valence-corrected chi connectivity index (χ4v) is 3.31. The van der Waals surface area contributed by atoms with Crippen LogP contribution in [0.2, 0.25) is 0 Å². The summed E-state index contributed by atoms with van der Waals surface area (Å²) in [6, 6.07) is 1.91. The standard InChI is InChI=1S/C15H21NO3S/c1-9(13(17)16-15(2,3)4)19-14(18)12-8-10-6-5-7-11(10)20-12/h8-9H,5-7H2,1-4H3,(H,16,17)/t9-/m0/s1. The van der Waals surface area contributed by atoms with Crippen molar-refractivity contribution < 1.29 is 14.3 Å². The summed E-state index contributed by atoms with van der Waals surface area (Å²) in [5.41, 5.74) is 0.927. The van der Waals surface area contributed by atoms with E-state index in [-0.39, 0.29) is 11.4 Å². The van der Waals surface area contributed by atoms with Crippen LogP contribution >= 0.6 is 11.3 Å². The van der Waals surface area contributed by atoms with Gasteiger partial charge in [-0.25, -0.2) is 4.79 Å². The Kier molecular flexibility index (Phi) is 4.18. The largest absolute Gasteiger partial charge is 0.448 e. The summed E-state index contributed by atoms with van der Waals surface area (Å²) < 4.78 is 5.24. The van der Waals surface area contributed by atoms with E-state index in [1.807, 2.05) is 26.8 Å². The van der Waals surface area contributed by atoms with Crippen molar-refractivity contribution in [1.82, 2.24) is 5.32 Å². The van der Waals surface area contributed by atoms with E-state index in [1.165, 1.54) is 28.2 Å². The summed E-state index contributed by atoms with van der Waals surface area (Å²) in [5.74, 6) is -0.670. The van der Waals surface area contributed by atoms with Gasteiger partial charge in [0.15, 0.2) is 6.10 Å². The fraction of sp³-hybridized carbons (Fsp3) is 0.600. The van der Waals surface area contributed by atoms with Gasteiger partial charge < -0.3 is 10.1 Å². The van der Waals surface area contributed by atoms with E-state index < -0.39 is 12.1 Å². The molecule has 0 radical (unpaired) electrons. The van der Waals surface area contributed by atoms with Crippen LogP contribution in [0.25, 0.3) is 0 Å². The number of carbonyl (C=O) groups is 2. The van der Waals surface area contributed by atoms with E-state index in [2.05, 4.69) is 5.32 Å². The summed E-state index contributed by atoms with van der Waals surface area (Å²) >= 11 is 1.49. The topological polar surface area (TPSA) is 55.4 Å². The van der Waals surface area contributed by atoms with E-state index in [0.717, 1.165) is 12.8 Å². The van der Waals surface area contributed by atoms with Gasteiger partial charge >= 0.3 is 5.97 Å². The zero-order chi connectivity index (χ0) is 14.9. The van der Waals surface area contributed by atoms with Crippen molar-refractivity contribution in [2.45, 2.75) is 58.6 Å². The lowest BCUT2D eigenvalue weighted by Crippen LogP contribution is -2.46.